The summed E-state index contributed by atoms with van der Waals surface area (Å²) in [6.45, 7) is 0.737. The van der Waals surface area contributed by atoms with E-state index in [1.807, 2.05) is 0 Å². The van der Waals surface area contributed by atoms with E-state index in [2.05, 4.69) is 29.6 Å². The molecule has 4 heteroatoms. The summed E-state index contributed by atoms with van der Waals surface area (Å²) in [5.74, 6) is -0.0752. The van der Waals surface area contributed by atoms with Crippen molar-refractivity contribution in [3.8, 4) is 0 Å². The average Bonchev–Trinajstić information content (AvgIpc) is 2.57. The average molecular weight is 331 g/mol. The lowest BCUT2D eigenvalue weighted by molar-refractivity contribution is -0.137. The summed E-state index contributed by atoms with van der Waals surface area (Å²) < 4.78 is 0. The van der Waals surface area contributed by atoms with Crippen molar-refractivity contribution in [1.82, 2.24) is 5.32 Å². The van der Waals surface area contributed by atoms with Crippen molar-refractivity contribution in [3.63, 3.8) is 0 Å². The lowest BCUT2D eigenvalue weighted by Gasteiger charge is -2.24. The molecule has 1 atom stereocenters. The molecule has 2 N–H and O–H groups in total. The molecular formula is C20H29NO3. The zero-order valence-corrected chi connectivity index (χ0v) is 14.4. The van der Waals surface area contributed by atoms with Gasteiger partial charge in [-0.15, -0.1) is 0 Å². The highest BCUT2D eigenvalue weighted by atomic mass is 16.4. The minimum Gasteiger partial charge on any atom is -0.481 e. The first-order valence-corrected chi connectivity index (χ1v) is 9.20. The minimum absolute atomic E-state index is 0.172. The summed E-state index contributed by atoms with van der Waals surface area (Å²) in [6, 6.07) is 8.55. The predicted molar refractivity (Wildman–Crippen MR) is 94.9 cm³/mol. The maximum absolute atomic E-state index is 12.1. The molecule has 0 aliphatic heterocycles. The molecule has 4 nitrogen and oxygen atoms in total. The van der Waals surface area contributed by atoms with Crippen molar-refractivity contribution in [1.29, 1.82) is 0 Å². The van der Waals surface area contributed by atoms with Gasteiger partial charge in [-0.2, -0.15) is 0 Å². The van der Waals surface area contributed by atoms with Crippen LogP contribution in [-0.2, 0) is 22.4 Å². The molecular weight excluding hydrogens is 302 g/mol. The number of carboxylic acid groups (broad SMARTS) is 1. The van der Waals surface area contributed by atoms with Crippen molar-refractivity contribution in [3.05, 3.63) is 35.4 Å². The summed E-state index contributed by atoms with van der Waals surface area (Å²) in [5, 5.41) is 11.6. The number of carboxylic acids is 1. The molecule has 1 aliphatic carbocycles. The third-order valence-electron chi connectivity index (χ3n) is 4.81. The summed E-state index contributed by atoms with van der Waals surface area (Å²) in [7, 11) is 0. The predicted octanol–water partition coefficient (Wildman–Crippen LogP) is 3.72. The first-order valence-electron chi connectivity index (χ1n) is 9.20. The molecule has 1 unspecified atom stereocenters. The molecule has 0 saturated heterocycles. The second kappa shape index (κ2) is 10.1. The van der Waals surface area contributed by atoms with Crippen LogP contribution < -0.4 is 5.32 Å². The van der Waals surface area contributed by atoms with Crippen LogP contribution in [0.25, 0.3) is 0 Å². The highest BCUT2D eigenvalue weighted by Crippen LogP contribution is 2.27. The smallest absolute Gasteiger partial charge is 0.303 e. The highest BCUT2D eigenvalue weighted by molar-refractivity contribution is 5.76. The summed E-state index contributed by atoms with van der Waals surface area (Å²) in [6.07, 6.45) is 8.90. The zero-order chi connectivity index (χ0) is 17.2. The number of carbonyl (C=O) groups is 2. The van der Waals surface area contributed by atoms with E-state index in [1.54, 1.807) is 0 Å². The van der Waals surface area contributed by atoms with Crippen LogP contribution in [0.4, 0.5) is 0 Å². The van der Waals surface area contributed by atoms with Gasteiger partial charge in [0.25, 0.3) is 0 Å². The van der Waals surface area contributed by atoms with E-state index in [1.165, 1.54) is 11.1 Å². The Balaban J connectivity index is 1.52. The van der Waals surface area contributed by atoms with E-state index in [-0.39, 0.29) is 12.3 Å². The van der Waals surface area contributed by atoms with E-state index in [4.69, 9.17) is 5.11 Å². The Morgan fingerprint density at radius 3 is 2.54 bits per heavy atom. The van der Waals surface area contributed by atoms with Crippen molar-refractivity contribution in [2.45, 2.75) is 64.2 Å². The van der Waals surface area contributed by atoms with Crippen LogP contribution in [-0.4, -0.2) is 23.5 Å². The molecule has 0 heterocycles. The van der Waals surface area contributed by atoms with Gasteiger partial charge in [-0.1, -0.05) is 43.5 Å². The van der Waals surface area contributed by atoms with Crippen LogP contribution >= 0.6 is 0 Å². The molecule has 0 aromatic heterocycles. The quantitative estimate of drug-likeness (QED) is 0.642. The Labute approximate surface area is 144 Å². The Morgan fingerprint density at radius 2 is 1.75 bits per heavy atom. The first-order chi connectivity index (χ1) is 11.6. The molecule has 0 spiro atoms. The Morgan fingerprint density at radius 1 is 1.04 bits per heavy atom. The number of unbranched alkanes of at least 4 members (excludes halogenated alkanes) is 4. The Kier molecular flexibility index (Phi) is 7.80. The van der Waals surface area contributed by atoms with Crippen molar-refractivity contribution >= 4 is 11.9 Å². The number of amides is 1. The fourth-order valence-corrected chi connectivity index (χ4v) is 3.44. The second-order valence-corrected chi connectivity index (χ2v) is 6.84. The normalized spacial score (nSPS) is 16.4. The van der Waals surface area contributed by atoms with Gasteiger partial charge < -0.3 is 10.4 Å². The number of carbonyl (C=O) groups excluding carboxylic acids is 1. The molecule has 0 saturated carbocycles. The molecule has 2 rings (SSSR count). The second-order valence-electron chi connectivity index (χ2n) is 6.84. The van der Waals surface area contributed by atoms with Crippen LogP contribution in [0.3, 0.4) is 0 Å². The number of fused-ring (bicyclic) bond motifs is 1. The number of nitrogens with one attached hydrogen (secondary N) is 1. The lowest BCUT2D eigenvalue weighted by Crippen LogP contribution is -2.28. The molecule has 132 valence electrons. The van der Waals surface area contributed by atoms with Crippen molar-refractivity contribution < 1.29 is 14.7 Å². The maximum Gasteiger partial charge on any atom is 0.303 e. The molecule has 24 heavy (non-hydrogen) atoms. The summed E-state index contributed by atoms with van der Waals surface area (Å²) in [5.41, 5.74) is 2.85. The number of aliphatic carboxylic acids is 1. The number of aryl methyl sites for hydroxylation is 1. The van der Waals surface area contributed by atoms with Gasteiger partial charge in [0.15, 0.2) is 0 Å². The molecule has 1 amide bonds. The van der Waals surface area contributed by atoms with Gasteiger partial charge in [0, 0.05) is 19.4 Å². The van der Waals surface area contributed by atoms with Gasteiger partial charge in [-0.25, -0.2) is 0 Å². The minimum atomic E-state index is -0.715. The van der Waals surface area contributed by atoms with Gasteiger partial charge >= 0.3 is 5.97 Å². The molecule has 1 aliphatic rings. The fourth-order valence-electron chi connectivity index (χ4n) is 3.44. The molecule has 0 fully saturated rings. The number of hydrogen-bond donors (Lipinski definition) is 2. The third kappa shape index (κ3) is 6.73. The number of rotatable bonds is 10. The van der Waals surface area contributed by atoms with Crippen molar-refractivity contribution in [2.24, 2.45) is 5.92 Å². The molecule has 0 radical (unpaired) electrons. The van der Waals surface area contributed by atoms with Gasteiger partial charge in [-0.05, 0) is 49.1 Å². The van der Waals surface area contributed by atoms with Gasteiger partial charge in [0.05, 0.1) is 0 Å². The van der Waals surface area contributed by atoms with E-state index < -0.39 is 5.97 Å². The Hall–Kier alpha value is -1.84. The Bertz CT molecular complexity index is 541. The van der Waals surface area contributed by atoms with Crippen molar-refractivity contribution in [2.75, 3.05) is 6.54 Å². The summed E-state index contributed by atoms with van der Waals surface area (Å²) in [4.78, 5) is 22.5. The van der Waals surface area contributed by atoms with E-state index in [9.17, 15) is 9.59 Å². The number of hydrogen-bond acceptors (Lipinski definition) is 2. The largest absolute Gasteiger partial charge is 0.481 e. The van der Waals surface area contributed by atoms with Crippen LogP contribution in [0.1, 0.15) is 62.5 Å². The molecule has 1 aromatic carbocycles. The zero-order valence-electron chi connectivity index (χ0n) is 14.4. The van der Waals surface area contributed by atoms with Gasteiger partial charge in [0.2, 0.25) is 5.91 Å². The van der Waals surface area contributed by atoms with Crippen LogP contribution in [0.15, 0.2) is 24.3 Å². The van der Waals surface area contributed by atoms with Gasteiger partial charge in [-0.3, -0.25) is 9.59 Å². The van der Waals surface area contributed by atoms with Gasteiger partial charge in [0.1, 0.15) is 0 Å². The number of benzene rings is 1. The van der Waals surface area contributed by atoms with E-state index in [0.717, 1.165) is 57.9 Å². The van der Waals surface area contributed by atoms with Crippen LogP contribution in [0.2, 0.25) is 0 Å². The first kappa shape index (κ1) is 18.5. The monoisotopic (exact) mass is 331 g/mol. The third-order valence-corrected chi connectivity index (χ3v) is 4.81. The molecule has 0 bridgehead atoms. The lowest BCUT2D eigenvalue weighted by atomic mass is 9.82. The standard InChI is InChI=1S/C20H29NO3/c22-19(21-13-7-3-1-2-4-10-20(23)24)15-16-11-12-17-8-5-6-9-18(17)14-16/h5-6,8-9,16H,1-4,7,10-15H2,(H,21,22)(H,23,24). The molecule has 1 aromatic rings. The summed E-state index contributed by atoms with van der Waals surface area (Å²) >= 11 is 0. The van der Waals surface area contributed by atoms with Crippen LogP contribution in [0.5, 0.6) is 0 Å². The topological polar surface area (TPSA) is 66.4 Å². The SMILES string of the molecule is O=C(O)CCCCCCCNC(=O)CC1CCc2ccccc2C1. The highest BCUT2D eigenvalue weighted by Gasteiger charge is 2.20. The van der Waals surface area contributed by atoms with E-state index in [0.29, 0.717) is 12.3 Å². The van der Waals surface area contributed by atoms with E-state index >= 15 is 0 Å². The maximum atomic E-state index is 12.1. The fraction of sp³-hybridized carbons (Fsp3) is 0.600. The van der Waals surface area contributed by atoms with Crippen LogP contribution in [0, 0.1) is 5.92 Å².